The van der Waals surface area contributed by atoms with Crippen LogP contribution in [0.25, 0.3) is 0 Å². The summed E-state index contributed by atoms with van der Waals surface area (Å²) in [5.74, 6) is 0.247. The van der Waals surface area contributed by atoms with Crippen LogP contribution in [0.5, 0.6) is 0 Å². The highest BCUT2D eigenvalue weighted by molar-refractivity contribution is 9.09. The summed E-state index contributed by atoms with van der Waals surface area (Å²) in [6.45, 7) is 5.92. The second-order valence-corrected chi connectivity index (χ2v) is 4.04. The van der Waals surface area contributed by atoms with Gasteiger partial charge in [-0.15, -0.1) is 0 Å². The standard InChI is InChI=1S/C9H18BrNO/c1-4-8(5-6-10)11-9(12)7(2)3/h7-8H,4-6H2,1-3H3,(H,11,12). The van der Waals surface area contributed by atoms with Crippen LogP contribution in [0.15, 0.2) is 0 Å². The van der Waals surface area contributed by atoms with Gasteiger partial charge in [-0.1, -0.05) is 36.7 Å². The molecule has 1 atom stereocenters. The smallest absolute Gasteiger partial charge is 0.222 e. The third-order valence-electron chi connectivity index (χ3n) is 1.82. The molecule has 0 spiro atoms. The summed E-state index contributed by atoms with van der Waals surface area (Å²) in [4.78, 5) is 11.3. The first-order chi connectivity index (χ1) is 5.61. The average Bonchev–Trinajstić information content (AvgIpc) is 2.03. The zero-order chi connectivity index (χ0) is 9.56. The molecule has 0 saturated heterocycles. The lowest BCUT2D eigenvalue weighted by atomic mass is 10.1. The molecule has 0 rings (SSSR count). The van der Waals surface area contributed by atoms with Crippen molar-refractivity contribution in [3.8, 4) is 0 Å². The van der Waals surface area contributed by atoms with E-state index in [1.165, 1.54) is 0 Å². The first kappa shape index (κ1) is 11.9. The van der Waals surface area contributed by atoms with Crippen LogP contribution in [0.2, 0.25) is 0 Å². The zero-order valence-corrected chi connectivity index (χ0v) is 9.65. The predicted molar refractivity (Wildman–Crippen MR) is 55.5 cm³/mol. The SMILES string of the molecule is CCC(CCBr)NC(=O)C(C)C. The molecular weight excluding hydrogens is 218 g/mol. The number of hydrogen-bond donors (Lipinski definition) is 1. The van der Waals surface area contributed by atoms with Crippen LogP contribution < -0.4 is 5.32 Å². The summed E-state index contributed by atoms with van der Waals surface area (Å²) < 4.78 is 0. The zero-order valence-electron chi connectivity index (χ0n) is 8.06. The highest BCUT2D eigenvalue weighted by atomic mass is 79.9. The van der Waals surface area contributed by atoms with E-state index in [-0.39, 0.29) is 11.8 Å². The Hall–Kier alpha value is -0.0500. The molecule has 0 fully saturated rings. The molecule has 0 radical (unpaired) electrons. The van der Waals surface area contributed by atoms with E-state index in [1.807, 2.05) is 13.8 Å². The second kappa shape index (κ2) is 6.46. The summed E-state index contributed by atoms with van der Waals surface area (Å²) in [5, 5.41) is 3.95. The largest absolute Gasteiger partial charge is 0.353 e. The predicted octanol–water partition coefficient (Wildman–Crippen LogP) is 2.32. The van der Waals surface area contributed by atoms with Gasteiger partial charge in [0, 0.05) is 17.3 Å². The number of halogens is 1. The fraction of sp³-hybridized carbons (Fsp3) is 0.889. The summed E-state index contributed by atoms with van der Waals surface area (Å²) in [6, 6.07) is 0.333. The van der Waals surface area contributed by atoms with Crippen molar-refractivity contribution in [2.75, 3.05) is 5.33 Å². The molecule has 12 heavy (non-hydrogen) atoms. The van der Waals surface area contributed by atoms with Gasteiger partial charge in [0.05, 0.1) is 0 Å². The van der Waals surface area contributed by atoms with Crippen molar-refractivity contribution in [1.29, 1.82) is 0 Å². The van der Waals surface area contributed by atoms with Gasteiger partial charge in [0.1, 0.15) is 0 Å². The molecule has 0 heterocycles. The Balaban J connectivity index is 3.77. The maximum atomic E-state index is 11.3. The quantitative estimate of drug-likeness (QED) is 0.729. The molecule has 0 aliphatic carbocycles. The van der Waals surface area contributed by atoms with Crippen LogP contribution in [0.3, 0.4) is 0 Å². The Morgan fingerprint density at radius 1 is 1.50 bits per heavy atom. The van der Waals surface area contributed by atoms with Crippen molar-refractivity contribution in [3.05, 3.63) is 0 Å². The topological polar surface area (TPSA) is 29.1 Å². The van der Waals surface area contributed by atoms with Crippen molar-refractivity contribution in [2.24, 2.45) is 5.92 Å². The van der Waals surface area contributed by atoms with Gasteiger partial charge in [0.25, 0.3) is 0 Å². The minimum Gasteiger partial charge on any atom is -0.353 e. The Morgan fingerprint density at radius 2 is 2.08 bits per heavy atom. The normalized spacial score (nSPS) is 13.1. The lowest BCUT2D eigenvalue weighted by molar-refractivity contribution is -0.124. The molecular formula is C9H18BrNO. The van der Waals surface area contributed by atoms with E-state index >= 15 is 0 Å². The fourth-order valence-electron chi connectivity index (χ4n) is 0.878. The Morgan fingerprint density at radius 3 is 2.42 bits per heavy atom. The molecule has 3 heteroatoms. The van der Waals surface area contributed by atoms with E-state index in [9.17, 15) is 4.79 Å². The molecule has 0 aliphatic rings. The van der Waals surface area contributed by atoms with Gasteiger partial charge in [-0.2, -0.15) is 0 Å². The van der Waals surface area contributed by atoms with Crippen LogP contribution in [-0.2, 0) is 4.79 Å². The lowest BCUT2D eigenvalue weighted by Crippen LogP contribution is -2.37. The maximum Gasteiger partial charge on any atom is 0.222 e. The van der Waals surface area contributed by atoms with Crippen LogP contribution >= 0.6 is 15.9 Å². The molecule has 1 unspecified atom stereocenters. The lowest BCUT2D eigenvalue weighted by Gasteiger charge is -2.16. The molecule has 0 aromatic rings. The van der Waals surface area contributed by atoms with E-state index < -0.39 is 0 Å². The number of hydrogen-bond acceptors (Lipinski definition) is 1. The van der Waals surface area contributed by atoms with Gasteiger partial charge in [0.15, 0.2) is 0 Å². The molecule has 0 bridgehead atoms. The van der Waals surface area contributed by atoms with E-state index in [0.717, 1.165) is 18.2 Å². The Labute approximate surface area is 83.2 Å². The van der Waals surface area contributed by atoms with E-state index in [1.54, 1.807) is 0 Å². The summed E-state index contributed by atoms with van der Waals surface area (Å²) >= 11 is 3.37. The number of carbonyl (C=O) groups is 1. The molecule has 1 N–H and O–H groups in total. The minimum absolute atomic E-state index is 0.0920. The van der Waals surface area contributed by atoms with Crippen LogP contribution in [0.1, 0.15) is 33.6 Å². The third-order valence-corrected chi connectivity index (χ3v) is 2.28. The van der Waals surface area contributed by atoms with Crippen molar-refractivity contribution in [3.63, 3.8) is 0 Å². The van der Waals surface area contributed by atoms with Crippen molar-refractivity contribution in [1.82, 2.24) is 5.32 Å². The second-order valence-electron chi connectivity index (χ2n) is 3.25. The maximum absolute atomic E-state index is 11.3. The van der Waals surface area contributed by atoms with Crippen LogP contribution in [0.4, 0.5) is 0 Å². The van der Waals surface area contributed by atoms with Gasteiger partial charge >= 0.3 is 0 Å². The number of alkyl halides is 1. The highest BCUT2D eigenvalue weighted by Crippen LogP contribution is 2.02. The minimum atomic E-state index is 0.0920. The molecule has 0 aromatic heterocycles. The third kappa shape index (κ3) is 4.75. The number of carbonyl (C=O) groups excluding carboxylic acids is 1. The fourth-order valence-corrected chi connectivity index (χ4v) is 1.43. The van der Waals surface area contributed by atoms with Gasteiger partial charge in [-0.3, -0.25) is 4.79 Å². The van der Waals surface area contributed by atoms with Gasteiger partial charge in [-0.25, -0.2) is 0 Å². The molecule has 0 aromatic carbocycles. The first-order valence-electron chi connectivity index (χ1n) is 4.48. The van der Waals surface area contributed by atoms with E-state index in [4.69, 9.17) is 0 Å². The van der Waals surface area contributed by atoms with Crippen molar-refractivity contribution in [2.45, 2.75) is 39.7 Å². The Kier molecular flexibility index (Phi) is 6.44. The van der Waals surface area contributed by atoms with Gasteiger partial charge in [-0.05, 0) is 12.8 Å². The van der Waals surface area contributed by atoms with E-state index in [0.29, 0.717) is 6.04 Å². The Bertz CT molecular complexity index is 136. The number of rotatable bonds is 5. The average molecular weight is 236 g/mol. The first-order valence-corrected chi connectivity index (χ1v) is 5.60. The molecule has 0 saturated carbocycles. The molecule has 0 aliphatic heterocycles. The number of amides is 1. The van der Waals surface area contributed by atoms with Crippen LogP contribution in [-0.4, -0.2) is 17.3 Å². The summed E-state index contributed by atoms with van der Waals surface area (Å²) in [6.07, 6.45) is 2.01. The van der Waals surface area contributed by atoms with E-state index in [2.05, 4.69) is 28.2 Å². The molecule has 72 valence electrons. The number of nitrogens with one attached hydrogen (secondary N) is 1. The van der Waals surface area contributed by atoms with Crippen molar-refractivity contribution >= 4 is 21.8 Å². The van der Waals surface area contributed by atoms with Crippen LogP contribution in [0, 0.1) is 5.92 Å². The summed E-state index contributed by atoms with van der Waals surface area (Å²) in [7, 11) is 0. The molecule has 1 amide bonds. The van der Waals surface area contributed by atoms with Crippen molar-refractivity contribution < 1.29 is 4.79 Å². The van der Waals surface area contributed by atoms with Gasteiger partial charge in [0.2, 0.25) is 5.91 Å². The summed E-state index contributed by atoms with van der Waals surface area (Å²) in [5.41, 5.74) is 0. The molecule has 2 nitrogen and oxygen atoms in total. The van der Waals surface area contributed by atoms with Gasteiger partial charge < -0.3 is 5.32 Å². The monoisotopic (exact) mass is 235 g/mol. The highest BCUT2D eigenvalue weighted by Gasteiger charge is 2.11.